The summed E-state index contributed by atoms with van der Waals surface area (Å²) in [6.07, 6.45) is 9.56. The van der Waals surface area contributed by atoms with Crippen LogP contribution in [-0.2, 0) is 0 Å². The lowest BCUT2D eigenvalue weighted by molar-refractivity contribution is 0.0106. The molecule has 6 nitrogen and oxygen atoms in total. The highest BCUT2D eigenvalue weighted by Gasteiger charge is 2.51. The summed E-state index contributed by atoms with van der Waals surface area (Å²) >= 11 is 0. The van der Waals surface area contributed by atoms with Crippen LogP contribution < -0.4 is 22.3 Å². The van der Waals surface area contributed by atoms with E-state index in [1.54, 1.807) is 0 Å². The monoisotopic (exact) mass is 274 g/mol. The predicted molar refractivity (Wildman–Crippen MR) is 78.8 cm³/mol. The molecular formula is C14H22N6. The number of hydrazine groups is 1. The Balaban J connectivity index is 1.63. The number of rotatable bonds is 3. The van der Waals surface area contributed by atoms with E-state index < -0.39 is 0 Å². The molecule has 1 aromatic heterocycles. The summed E-state index contributed by atoms with van der Waals surface area (Å²) in [7, 11) is 0. The van der Waals surface area contributed by atoms with Gasteiger partial charge in [-0.15, -0.1) is 0 Å². The van der Waals surface area contributed by atoms with Crippen LogP contribution in [0.25, 0.3) is 0 Å². The van der Waals surface area contributed by atoms with Crippen molar-refractivity contribution in [1.29, 1.82) is 0 Å². The van der Waals surface area contributed by atoms with Crippen LogP contribution in [0.5, 0.6) is 0 Å². The van der Waals surface area contributed by atoms with Gasteiger partial charge < -0.3 is 16.5 Å². The van der Waals surface area contributed by atoms with Crippen LogP contribution in [0.15, 0.2) is 6.33 Å². The van der Waals surface area contributed by atoms with Crippen LogP contribution in [-0.4, -0.2) is 15.5 Å². The highest BCUT2D eigenvalue weighted by Crippen LogP contribution is 2.56. The molecular weight excluding hydrogens is 252 g/mol. The van der Waals surface area contributed by atoms with E-state index in [9.17, 15) is 0 Å². The third kappa shape index (κ3) is 1.82. The second-order valence-electron chi connectivity index (χ2n) is 6.95. The van der Waals surface area contributed by atoms with E-state index in [2.05, 4.69) is 20.7 Å². The van der Waals surface area contributed by atoms with Crippen molar-refractivity contribution >= 4 is 17.3 Å². The van der Waals surface area contributed by atoms with Gasteiger partial charge in [0.15, 0.2) is 11.6 Å². The first-order valence-electron chi connectivity index (χ1n) is 7.53. The molecule has 0 aliphatic heterocycles. The average Bonchev–Trinajstić information content (AvgIpc) is 2.39. The Hall–Kier alpha value is -1.56. The molecule has 5 rings (SSSR count). The molecule has 0 saturated heterocycles. The van der Waals surface area contributed by atoms with E-state index in [0.29, 0.717) is 11.5 Å². The maximum atomic E-state index is 6.09. The van der Waals surface area contributed by atoms with E-state index in [0.717, 1.165) is 23.6 Å². The zero-order valence-corrected chi connectivity index (χ0v) is 11.6. The van der Waals surface area contributed by atoms with Gasteiger partial charge in [-0.1, -0.05) is 0 Å². The summed E-state index contributed by atoms with van der Waals surface area (Å²) in [5.74, 6) is 9.33. The van der Waals surface area contributed by atoms with Crippen LogP contribution >= 0.6 is 0 Å². The molecule has 0 atom stereocenters. The second kappa shape index (κ2) is 4.22. The van der Waals surface area contributed by atoms with Crippen LogP contribution in [0.1, 0.15) is 38.5 Å². The first-order valence-corrected chi connectivity index (χ1v) is 7.53. The molecule has 4 fully saturated rings. The molecule has 108 valence electrons. The zero-order chi connectivity index (χ0) is 13.7. The minimum atomic E-state index is 0.198. The summed E-state index contributed by atoms with van der Waals surface area (Å²) < 4.78 is 0. The van der Waals surface area contributed by atoms with Gasteiger partial charge in [0.25, 0.3) is 0 Å². The van der Waals surface area contributed by atoms with Crippen LogP contribution in [0.4, 0.5) is 17.3 Å². The summed E-state index contributed by atoms with van der Waals surface area (Å²) in [4.78, 5) is 8.36. The fraction of sp³-hybridized carbons (Fsp3) is 0.714. The summed E-state index contributed by atoms with van der Waals surface area (Å²) in [5.41, 5.74) is 9.34. The summed E-state index contributed by atoms with van der Waals surface area (Å²) in [6.45, 7) is 0. The number of nitrogens with zero attached hydrogens (tertiary/aromatic N) is 2. The van der Waals surface area contributed by atoms with Crippen molar-refractivity contribution in [2.75, 3.05) is 16.5 Å². The lowest BCUT2D eigenvalue weighted by atomic mass is 9.53. The molecule has 20 heavy (non-hydrogen) atoms. The normalized spacial score (nSPS) is 38.0. The Morgan fingerprint density at radius 3 is 2.10 bits per heavy atom. The van der Waals surface area contributed by atoms with Gasteiger partial charge >= 0.3 is 0 Å². The smallest absolute Gasteiger partial charge is 0.168 e. The first-order chi connectivity index (χ1) is 9.67. The van der Waals surface area contributed by atoms with Crippen molar-refractivity contribution in [3.8, 4) is 0 Å². The molecule has 6 heteroatoms. The van der Waals surface area contributed by atoms with Gasteiger partial charge in [-0.25, -0.2) is 15.8 Å². The van der Waals surface area contributed by atoms with E-state index in [1.165, 1.54) is 44.9 Å². The molecule has 0 amide bonds. The van der Waals surface area contributed by atoms with E-state index in [-0.39, 0.29) is 5.54 Å². The van der Waals surface area contributed by atoms with Crippen molar-refractivity contribution in [1.82, 2.24) is 9.97 Å². The maximum absolute atomic E-state index is 6.09. The number of anilines is 3. The Morgan fingerprint density at radius 1 is 1.00 bits per heavy atom. The summed E-state index contributed by atoms with van der Waals surface area (Å²) in [5, 5.41) is 3.66. The fourth-order valence-corrected chi connectivity index (χ4v) is 5.13. The molecule has 0 aromatic carbocycles. The molecule has 0 spiro atoms. The van der Waals surface area contributed by atoms with Crippen LogP contribution in [0.2, 0.25) is 0 Å². The quantitative estimate of drug-likeness (QED) is 0.494. The Morgan fingerprint density at radius 2 is 1.55 bits per heavy atom. The number of nitrogens with two attached hydrogens (primary N) is 2. The van der Waals surface area contributed by atoms with Gasteiger partial charge in [-0.2, -0.15) is 0 Å². The van der Waals surface area contributed by atoms with Crippen LogP contribution in [0, 0.1) is 17.8 Å². The van der Waals surface area contributed by atoms with Crippen molar-refractivity contribution in [3.05, 3.63) is 6.33 Å². The van der Waals surface area contributed by atoms with Gasteiger partial charge in [0, 0.05) is 5.54 Å². The van der Waals surface area contributed by atoms with Crippen molar-refractivity contribution < 1.29 is 0 Å². The minimum Gasteiger partial charge on any atom is -0.393 e. The molecule has 4 aliphatic carbocycles. The molecule has 0 unspecified atom stereocenters. The average molecular weight is 274 g/mol. The summed E-state index contributed by atoms with van der Waals surface area (Å²) in [6, 6.07) is 0. The maximum Gasteiger partial charge on any atom is 0.168 e. The van der Waals surface area contributed by atoms with Gasteiger partial charge in [0.2, 0.25) is 0 Å². The Labute approximate surface area is 118 Å². The number of hydrogen-bond acceptors (Lipinski definition) is 6. The molecule has 4 saturated carbocycles. The molecule has 6 N–H and O–H groups in total. The molecule has 1 aromatic rings. The topological polar surface area (TPSA) is 102 Å². The van der Waals surface area contributed by atoms with Crippen LogP contribution in [0.3, 0.4) is 0 Å². The van der Waals surface area contributed by atoms with E-state index in [4.69, 9.17) is 11.6 Å². The van der Waals surface area contributed by atoms with Gasteiger partial charge in [0.05, 0.1) is 0 Å². The Bertz CT molecular complexity index is 493. The van der Waals surface area contributed by atoms with Crippen molar-refractivity contribution in [3.63, 3.8) is 0 Å². The Kier molecular flexibility index (Phi) is 2.57. The van der Waals surface area contributed by atoms with Gasteiger partial charge in [-0.05, 0) is 56.3 Å². The fourth-order valence-electron chi connectivity index (χ4n) is 5.13. The molecule has 0 radical (unpaired) electrons. The zero-order valence-electron chi connectivity index (χ0n) is 11.6. The standard InChI is InChI=1S/C14H22N6/c15-11-12(17-7-18-13(11)20-16)19-14-4-8-1-9(5-14)3-10(2-8)6-14/h7-10H,1-6,15-16H2,(H2,17,18,19,20). The first kappa shape index (κ1) is 12.2. The molecule has 4 aliphatic rings. The number of nitrogens with one attached hydrogen (secondary N) is 2. The third-order valence-corrected chi connectivity index (χ3v) is 5.44. The van der Waals surface area contributed by atoms with Crippen molar-refractivity contribution in [2.24, 2.45) is 23.6 Å². The number of nitrogen functional groups attached to an aromatic ring is 2. The number of aromatic nitrogens is 2. The molecule has 4 bridgehead atoms. The number of hydrogen-bond donors (Lipinski definition) is 4. The van der Waals surface area contributed by atoms with Crippen molar-refractivity contribution in [2.45, 2.75) is 44.1 Å². The lowest BCUT2D eigenvalue weighted by Crippen LogP contribution is -2.55. The second-order valence-corrected chi connectivity index (χ2v) is 6.95. The predicted octanol–water partition coefficient (Wildman–Crippen LogP) is 1.73. The van der Waals surface area contributed by atoms with Gasteiger partial charge in [-0.3, -0.25) is 0 Å². The highest BCUT2D eigenvalue weighted by atomic mass is 15.3. The third-order valence-electron chi connectivity index (χ3n) is 5.44. The van der Waals surface area contributed by atoms with E-state index in [1.807, 2.05) is 0 Å². The largest absolute Gasteiger partial charge is 0.393 e. The highest BCUT2D eigenvalue weighted by molar-refractivity contribution is 5.74. The lowest BCUT2D eigenvalue weighted by Gasteiger charge is -2.57. The van der Waals surface area contributed by atoms with Gasteiger partial charge in [0.1, 0.15) is 12.0 Å². The minimum absolute atomic E-state index is 0.198. The SMILES string of the molecule is NNc1ncnc(NC23CC4CC(CC(C4)C2)C3)c1N. The van der Waals surface area contributed by atoms with E-state index >= 15 is 0 Å². The molecule has 1 heterocycles.